The fourth-order valence-corrected chi connectivity index (χ4v) is 1.61. The van der Waals surface area contributed by atoms with Crippen LogP contribution in [-0.4, -0.2) is 5.78 Å². The van der Waals surface area contributed by atoms with Crippen LogP contribution in [0.4, 0.5) is 8.78 Å². The first-order valence-corrected chi connectivity index (χ1v) is 5.09. The Labute approximate surface area is 96.9 Å². The SMILES string of the molecule is Cc1occc1C(=O)Cc1ccc(F)cc1F. The van der Waals surface area contributed by atoms with Gasteiger partial charge in [0.25, 0.3) is 0 Å². The highest BCUT2D eigenvalue weighted by Crippen LogP contribution is 2.15. The van der Waals surface area contributed by atoms with E-state index in [2.05, 4.69) is 0 Å². The van der Waals surface area contributed by atoms with Crippen LogP contribution in [-0.2, 0) is 6.42 Å². The number of ketones is 1. The smallest absolute Gasteiger partial charge is 0.170 e. The second-order valence-electron chi connectivity index (χ2n) is 3.73. The lowest BCUT2D eigenvalue weighted by molar-refractivity contribution is 0.0990. The molecule has 0 saturated heterocycles. The molecule has 0 radical (unpaired) electrons. The van der Waals surface area contributed by atoms with E-state index in [9.17, 15) is 13.6 Å². The molecule has 2 rings (SSSR count). The van der Waals surface area contributed by atoms with Crippen LogP contribution < -0.4 is 0 Å². The van der Waals surface area contributed by atoms with Crippen molar-refractivity contribution in [2.75, 3.05) is 0 Å². The predicted octanol–water partition coefficient (Wildman–Crippen LogP) is 3.29. The van der Waals surface area contributed by atoms with Gasteiger partial charge >= 0.3 is 0 Å². The lowest BCUT2D eigenvalue weighted by atomic mass is 10.0. The number of benzene rings is 1. The third kappa shape index (κ3) is 2.41. The van der Waals surface area contributed by atoms with E-state index in [1.54, 1.807) is 13.0 Å². The molecule has 0 saturated carbocycles. The standard InChI is InChI=1S/C13H10F2O2/c1-8-11(4-5-17-8)13(16)6-9-2-3-10(14)7-12(9)15/h2-5,7H,6H2,1H3. The Kier molecular flexibility index (Phi) is 3.04. The molecule has 0 bridgehead atoms. The Bertz CT molecular complexity index is 558. The van der Waals surface area contributed by atoms with Crippen LogP contribution in [0.2, 0.25) is 0 Å². The first-order chi connectivity index (χ1) is 8.08. The summed E-state index contributed by atoms with van der Waals surface area (Å²) in [6.07, 6.45) is 1.30. The van der Waals surface area contributed by atoms with Crippen LogP contribution in [0, 0.1) is 18.6 Å². The third-order valence-corrected chi connectivity index (χ3v) is 2.53. The maximum absolute atomic E-state index is 13.3. The quantitative estimate of drug-likeness (QED) is 0.765. The van der Waals surface area contributed by atoms with Crippen LogP contribution in [0.5, 0.6) is 0 Å². The highest BCUT2D eigenvalue weighted by atomic mass is 19.1. The summed E-state index contributed by atoms with van der Waals surface area (Å²) in [6.45, 7) is 1.66. The van der Waals surface area contributed by atoms with Crippen LogP contribution in [0.25, 0.3) is 0 Å². The maximum Gasteiger partial charge on any atom is 0.170 e. The van der Waals surface area contributed by atoms with E-state index in [-0.39, 0.29) is 17.8 Å². The largest absolute Gasteiger partial charge is 0.469 e. The molecule has 2 aromatic rings. The highest BCUT2D eigenvalue weighted by molar-refractivity contribution is 5.98. The van der Waals surface area contributed by atoms with Crippen molar-refractivity contribution in [3.05, 3.63) is 59.1 Å². The van der Waals surface area contributed by atoms with Gasteiger partial charge in [-0.1, -0.05) is 6.07 Å². The van der Waals surface area contributed by atoms with Gasteiger partial charge in [0.2, 0.25) is 0 Å². The van der Waals surface area contributed by atoms with Crippen molar-refractivity contribution < 1.29 is 18.0 Å². The number of Topliss-reactive ketones (excluding diaryl/α,β-unsaturated/α-hetero) is 1. The van der Waals surface area contributed by atoms with Crippen molar-refractivity contribution in [3.8, 4) is 0 Å². The average molecular weight is 236 g/mol. The van der Waals surface area contributed by atoms with Crippen molar-refractivity contribution in [3.63, 3.8) is 0 Å². The Morgan fingerprint density at radius 2 is 2.06 bits per heavy atom. The van der Waals surface area contributed by atoms with E-state index >= 15 is 0 Å². The number of aryl methyl sites for hydroxylation is 1. The maximum atomic E-state index is 13.3. The van der Waals surface area contributed by atoms with Gasteiger partial charge in [-0.25, -0.2) is 8.78 Å². The summed E-state index contributed by atoms with van der Waals surface area (Å²) < 4.78 is 31.0. The predicted molar refractivity (Wildman–Crippen MR) is 57.8 cm³/mol. The molecular weight excluding hydrogens is 226 g/mol. The van der Waals surface area contributed by atoms with Crippen LogP contribution in [0.1, 0.15) is 21.7 Å². The summed E-state index contributed by atoms with van der Waals surface area (Å²) in [4.78, 5) is 11.8. The lowest BCUT2D eigenvalue weighted by Gasteiger charge is -2.02. The van der Waals surface area contributed by atoms with Crippen molar-refractivity contribution in [2.45, 2.75) is 13.3 Å². The fourth-order valence-electron chi connectivity index (χ4n) is 1.61. The summed E-state index contributed by atoms with van der Waals surface area (Å²) in [5.74, 6) is -1.11. The molecule has 1 aromatic heterocycles. The van der Waals surface area contributed by atoms with Crippen LogP contribution in [0.15, 0.2) is 34.9 Å². The van der Waals surface area contributed by atoms with Crippen LogP contribution in [0.3, 0.4) is 0 Å². The molecule has 0 aliphatic rings. The molecule has 1 heterocycles. The first-order valence-electron chi connectivity index (χ1n) is 5.09. The molecule has 1 aromatic carbocycles. The average Bonchev–Trinajstić information content (AvgIpc) is 2.68. The van der Waals surface area contributed by atoms with Crippen molar-refractivity contribution in [1.82, 2.24) is 0 Å². The topological polar surface area (TPSA) is 30.2 Å². The monoisotopic (exact) mass is 236 g/mol. The van der Waals surface area contributed by atoms with Gasteiger partial charge in [0.15, 0.2) is 5.78 Å². The Balaban J connectivity index is 2.22. The number of rotatable bonds is 3. The molecule has 0 amide bonds. The zero-order chi connectivity index (χ0) is 12.4. The minimum Gasteiger partial charge on any atom is -0.469 e. The number of carbonyl (C=O) groups excluding carboxylic acids is 1. The number of furan rings is 1. The van der Waals surface area contributed by atoms with Gasteiger partial charge < -0.3 is 4.42 Å². The molecule has 0 atom stereocenters. The molecule has 0 N–H and O–H groups in total. The Morgan fingerprint density at radius 1 is 1.29 bits per heavy atom. The normalized spacial score (nSPS) is 10.5. The van der Waals surface area contributed by atoms with Crippen LogP contribution >= 0.6 is 0 Å². The highest BCUT2D eigenvalue weighted by Gasteiger charge is 2.14. The van der Waals surface area contributed by atoms with Crippen molar-refractivity contribution in [2.24, 2.45) is 0 Å². The minimum absolute atomic E-state index is 0.105. The second kappa shape index (κ2) is 4.49. The molecule has 2 nitrogen and oxygen atoms in total. The molecule has 0 fully saturated rings. The van der Waals surface area contributed by atoms with Gasteiger partial charge in [-0.05, 0) is 24.6 Å². The number of hydrogen-bond donors (Lipinski definition) is 0. The molecule has 0 spiro atoms. The van der Waals surface area contributed by atoms with E-state index in [1.807, 2.05) is 0 Å². The van der Waals surface area contributed by atoms with Gasteiger partial charge in [-0.15, -0.1) is 0 Å². The van der Waals surface area contributed by atoms with E-state index < -0.39 is 11.6 Å². The molecule has 88 valence electrons. The number of halogens is 2. The molecule has 17 heavy (non-hydrogen) atoms. The summed E-state index contributed by atoms with van der Waals surface area (Å²) in [5.41, 5.74) is 0.603. The summed E-state index contributed by atoms with van der Waals surface area (Å²) in [6, 6.07) is 4.72. The van der Waals surface area contributed by atoms with Crippen molar-refractivity contribution in [1.29, 1.82) is 0 Å². The van der Waals surface area contributed by atoms with Gasteiger partial charge in [0, 0.05) is 12.5 Å². The molecule has 4 heteroatoms. The molecule has 0 aliphatic heterocycles. The molecule has 0 aliphatic carbocycles. The lowest BCUT2D eigenvalue weighted by Crippen LogP contribution is -2.05. The fraction of sp³-hybridized carbons (Fsp3) is 0.154. The minimum atomic E-state index is -0.709. The van der Waals surface area contributed by atoms with E-state index in [0.29, 0.717) is 11.3 Å². The van der Waals surface area contributed by atoms with Gasteiger partial charge in [0.1, 0.15) is 17.4 Å². The van der Waals surface area contributed by atoms with Gasteiger partial charge in [-0.2, -0.15) is 0 Å². The van der Waals surface area contributed by atoms with E-state index in [4.69, 9.17) is 4.42 Å². The second-order valence-corrected chi connectivity index (χ2v) is 3.73. The van der Waals surface area contributed by atoms with Gasteiger partial charge in [-0.3, -0.25) is 4.79 Å². The summed E-state index contributed by atoms with van der Waals surface area (Å²) in [5, 5.41) is 0. The zero-order valence-corrected chi connectivity index (χ0v) is 9.17. The van der Waals surface area contributed by atoms with E-state index in [1.165, 1.54) is 12.3 Å². The Hall–Kier alpha value is -1.97. The Morgan fingerprint density at radius 3 is 2.65 bits per heavy atom. The zero-order valence-electron chi connectivity index (χ0n) is 9.17. The molecular formula is C13H10F2O2. The number of hydrogen-bond acceptors (Lipinski definition) is 2. The van der Waals surface area contributed by atoms with E-state index in [0.717, 1.165) is 12.1 Å². The number of carbonyl (C=O) groups is 1. The molecule has 0 unspecified atom stereocenters. The summed E-state index contributed by atoms with van der Waals surface area (Å²) >= 11 is 0. The van der Waals surface area contributed by atoms with Gasteiger partial charge in [0.05, 0.1) is 11.8 Å². The summed E-state index contributed by atoms with van der Waals surface area (Å²) in [7, 11) is 0. The third-order valence-electron chi connectivity index (χ3n) is 2.53. The van der Waals surface area contributed by atoms with Crippen molar-refractivity contribution >= 4 is 5.78 Å². The first kappa shape index (κ1) is 11.5.